The van der Waals surface area contributed by atoms with E-state index < -0.39 is 10.0 Å². The molecule has 1 aromatic heterocycles. The third-order valence-electron chi connectivity index (χ3n) is 8.11. The van der Waals surface area contributed by atoms with Gasteiger partial charge in [0, 0.05) is 57.9 Å². The minimum atomic E-state index is -3.56. The Balaban J connectivity index is 1.08. The van der Waals surface area contributed by atoms with Crippen LogP contribution in [0.3, 0.4) is 0 Å². The van der Waals surface area contributed by atoms with Crippen LogP contribution in [0.25, 0.3) is 10.2 Å². The van der Waals surface area contributed by atoms with Gasteiger partial charge in [0.15, 0.2) is 5.13 Å². The van der Waals surface area contributed by atoms with E-state index in [0.29, 0.717) is 12.1 Å². The zero-order chi connectivity index (χ0) is 27.4. The number of nitrogens with one attached hydrogen (secondary N) is 1. The average Bonchev–Trinajstić information content (AvgIpc) is 3.42. The number of sulfonamides is 1. The van der Waals surface area contributed by atoms with E-state index in [1.807, 2.05) is 0 Å². The zero-order valence-electron chi connectivity index (χ0n) is 22.9. The summed E-state index contributed by atoms with van der Waals surface area (Å²) in [6, 6.07) is 12.8. The topological polar surface area (TPSA) is 85.8 Å². The van der Waals surface area contributed by atoms with E-state index in [4.69, 9.17) is 4.98 Å². The van der Waals surface area contributed by atoms with Crippen molar-refractivity contribution in [1.82, 2.24) is 19.5 Å². The van der Waals surface area contributed by atoms with Gasteiger partial charge in [-0.05, 0) is 55.2 Å². The molecule has 1 N–H and O–H groups in total. The van der Waals surface area contributed by atoms with Gasteiger partial charge >= 0.3 is 0 Å². The normalized spacial score (nSPS) is 17.7. The van der Waals surface area contributed by atoms with Gasteiger partial charge in [-0.1, -0.05) is 49.7 Å². The Labute approximate surface area is 236 Å². The number of anilines is 1. The first kappa shape index (κ1) is 28.0. The van der Waals surface area contributed by atoms with Crippen LogP contribution in [0.5, 0.6) is 0 Å². The van der Waals surface area contributed by atoms with E-state index in [1.165, 1.54) is 21.0 Å². The third kappa shape index (κ3) is 6.29. The highest BCUT2D eigenvalue weighted by atomic mass is 32.2. The number of carbonyl (C=O) groups excluding carboxylic acids is 1. The first-order valence-electron chi connectivity index (χ1n) is 14.1. The molecule has 2 aliphatic rings. The van der Waals surface area contributed by atoms with E-state index in [-0.39, 0.29) is 16.8 Å². The molecule has 39 heavy (non-hydrogen) atoms. The maximum absolute atomic E-state index is 13.1. The number of carbonyl (C=O) groups is 1. The van der Waals surface area contributed by atoms with Crippen LogP contribution in [0.1, 0.15) is 54.9 Å². The van der Waals surface area contributed by atoms with Crippen molar-refractivity contribution in [2.45, 2.75) is 56.4 Å². The summed E-state index contributed by atoms with van der Waals surface area (Å²) in [7, 11) is -1.89. The summed E-state index contributed by atoms with van der Waals surface area (Å²) < 4.78 is 28.9. The highest BCUT2D eigenvalue weighted by molar-refractivity contribution is 7.89. The lowest BCUT2D eigenvalue weighted by molar-refractivity contribution is 0.0947. The Kier molecular flexibility index (Phi) is 8.86. The summed E-state index contributed by atoms with van der Waals surface area (Å²) in [6.07, 6.45) is 6.13. The van der Waals surface area contributed by atoms with Crippen LogP contribution in [-0.4, -0.2) is 80.9 Å². The molecular formula is C29H39N5O3S2. The van der Waals surface area contributed by atoms with Gasteiger partial charge < -0.3 is 10.2 Å². The van der Waals surface area contributed by atoms with E-state index in [0.717, 1.165) is 75.5 Å². The lowest BCUT2D eigenvalue weighted by Gasteiger charge is -2.34. The first-order chi connectivity index (χ1) is 18.9. The van der Waals surface area contributed by atoms with Crippen molar-refractivity contribution < 1.29 is 13.2 Å². The molecule has 1 saturated carbocycles. The Morgan fingerprint density at radius 2 is 1.77 bits per heavy atom. The van der Waals surface area contributed by atoms with Crippen LogP contribution < -0.4 is 10.2 Å². The van der Waals surface area contributed by atoms with Crippen LogP contribution >= 0.6 is 11.3 Å². The van der Waals surface area contributed by atoms with Gasteiger partial charge in [-0.15, -0.1) is 0 Å². The summed E-state index contributed by atoms with van der Waals surface area (Å²) in [5.41, 5.74) is 2.90. The number of hydrogen-bond donors (Lipinski definition) is 1. The Bertz CT molecular complexity index is 1380. The van der Waals surface area contributed by atoms with Crippen molar-refractivity contribution in [3.8, 4) is 0 Å². The third-order valence-corrected chi connectivity index (χ3v) is 11.1. The molecule has 2 heterocycles. The molecule has 5 rings (SSSR count). The van der Waals surface area contributed by atoms with Crippen LogP contribution in [0, 0.1) is 0 Å². The predicted molar refractivity (Wildman–Crippen MR) is 158 cm³/mol. The van der Waals surface area contributed by atoms with Gasteiger partial charge in [0.2, 0.25) is 10.0 Å². The Hall–Kier alpha value is -2.53. The minimum absolute atomic E-state index is 0.0590. The predicted octanol–water partition coefficient (Wildman–Crippen LogP) is 4.36. The maximum Gasteiger partial charge on any atom is 0.251 e. The van der Waals surface area contributed by atoms with Crippen LogP contribution in [0.2, 0.25) is 0 Å². The SMILES string of the molecule is CCc1cccc2sc(N3CCN(CCNC(=O)c4ccc(S(=O)(=O)N(C)C5CCCCC5)cc4)CC3)nc12. The fourth-order valence-electron chi connectivity index (χ4n) is 5.59. The fourth-order valence-corrected chi connectivity index (χ4v) is 8.07. The molecule has 2 aromatic carbocycles. The zero-order valence-corrected chi connectivity index (χ0v) is 24.6. The highest BCUT2D eigenvalue weighted by Crippen LogP contribution is 2.31. The number of para-hydroxylation sites is 1. The summed E-state index contributed by atoms with van der Waals surface area (Å²) in [5.74, 6) is -0.181. The van der Waals surface area contributed by atoms with Crippen molar-refractivity contribution in [3.05, 3.63) is 53.6 Å². The van der Waals surface area contributed by atoms with Gasteiger partial charge in [0.25, 0.3) is 5.91 Å². The van der Waals surface area contributed by atoms with Gasteiger partial charge in [0.05, 0.1) is 15.1 Å². The maximum atomic E-state index is 13.1. The second-order valence-corrected chi connectivity index (χ2v) is 13.5. The molecule has 1 aliphatic heterocycles. The standard InChI is InChI=1S/C29H39N5O3S2/c1-3-22-8-7-11-26-27(22)31-29(38-26)34-20-18-33(19-21-34)17-16-30-28(35)23-12-14-25(15-13-23)39(36,37)32(2)24-9-5-4-6-10-24/h7-8,11-15,24H,3-6,9-10,16-21H2,1-2H3,(H,30,35). The molecule has 210 valence electrons. The summed E-state index contributed by atoms with van der Waals surface area (Å²) in [6.45, 7) is 7.17. The number of hydrogen-bond acceptors (Lipinski definition) is 7. The average molecular weight is 570 g/mol. The molecule has 1 saturated heterocycles. The number of aryl methyl sites for hydroxylation is 1. The monoisotopic (exact) mass is 569 g/mol. The molecule has 2 fully saturated rings. The second kappa shape index (κ2) is 12.3. The highest BCUT2D eigenvalue weighted by Gasteiger charge is 2.29. The molecule has 0 unspecified atom stereocenters. The molecule has 0 radical (unpaired) electrons. The van der Waals surface area contributed by atoms with Crippen molar-refractivity contribution in [3.63, 3.8) is 0 Å². The van der Waals surface area contributed by atoms with E-state index in [2.05, 4.69) is 40.2 Å². The molecule has 1 amide bonds. The van der Waals surface area contributed by atoms with Gasteiger partial charge in [-0.3, -0.25) is 9.69 Å². The summed E-state index contributed by atoms with van der Waals surface area (Å²) in [4.78, 5) is 22.6. The molecule has 10 heteroatoms. The molecule has 0 atom stereocenters. The Morgan fingerprint density at radius 3 is 2.46 bits per heavy atom. The number of amides is 1. The van der Waals surface area contributed by atoms with Gasteiger partial charge in [-0.25, -0.2) is 13.4 Å². The van der Waals surface area contributed by atoms with Gasteiger partial charge in [-0.2, -0.15) is 4.31 Å². The van der Waals surface area contributed by atoms with Crippen LogP contribution in [-0.2, 0) is 16.4 Å². The largest absolute Gasteiger partial charge is 0.351 e. The van der Waals surface area contributed by atoms with Crippen LogP contribution in [0.4, 0.5) is 5.13 Å². The van der Waals surface area contributed by atoms with Gasteiger partial charge in [0.1, 0.15) is 0 Å². The molecular weight excluding hydrogens is 530 g/mol. The lowest BCUT2D eigenvalue weighted by Crippen LogP contribution is -2.48. The number of aromatic nitrogens is 1. The second-order valence-electron chi connectivity index (χ2n) is 10.5. The smallest absolute Gasteiger partial charge is 0.251 e. The molecule has 3 aromatic rings. The number of benzene rings is 2. The quantitative estimate of drug-likeness (QED) is 0.412. The molecule has 1 aliphatic carbocycles. The minimum Gasteiger partial charge on any atom is -0.351 e. The molecule has 0 spiro atoms. The number of thiazole rings is 1. The van der Waals surface area contributed by atoms with E-state index >= 15 is 0 Å². The van der Waals surface area contributed by atoms with Crippen LogP contribution in [0.15, 0.2) is 47.4 Å². The van der Waals surface area contributed by atoms with Crippen molar-refractivity contribution >= 4 is 42.6 Å². The number of rotatable bonds is 9. The number of piperazine rings is 1. The molecule has 8 nitrogen and oxygen atoms in total. The summed E-state index contributed by atoms with van der Waals surface area (Å²) in [5, 5.41) is 4.08. The molecule has 0 bridgehead atoms. The first-order valence-corrected chi connectivity index (χ1v) is 16.3. The van der Waals surface area contributed by atoms with Crippen molar-refractivity contribution in [1.29, 1.82) is 0 Å². The van der Waals surface area contributed by atoms with E-state index in [9.17, 15) is 13.2 Å². The lowest BCUT2D eigenvalue weighted by atomic mass is 9.96. The fraction of sp³-hybridized carbons (Fsp3) is 0.517. The van der Waals surface area contributed by atoms with Crippen molar-refractivity contribution in [2.75, 3.05) is 51.2 Å². The van der Waals surface area contributed by atoms with Crippen molar-refractivity contribution in [2.24, 2.45) is 0 Å². The number of fused-ring (bicyclic) bond motifs is 1. The van der Waals surface area contributed by atoms with E-state index in [1.54, 1.807) is 42.6 Å². The Morgan fingerprint density at radius 1 is 1.05 bits per heavy atom. The number of nitrogens with zero attached hydrogens (tertiary/aromatic N) is 4. The summed E-state index contributed by atoms with van der Waals surface area (Å²) >= 11 is 1.76.